The zero-order valence-corrected chi connectivity index (χ0v) is 12.5. The van der Waals surface area contributed by atoms with Gasteiger partial charge in [-0.3, -0.25) is 0 Å². The third kappa shape index (κ3) is 4.09. The summed E-state index contributed by atoms with van der Waals surface area (Å²) in [4.78, 5) is 22.6. The lowest BCUT2D eigenvalue weighted by Gasteiger charge is -2.10. The predicted octanol–water partition coefficient (Wildman–Crippen LogP) is 3.32. The van der Waals surface area contributed by atoms with Gasteiger partial charge in [0.25, 0.3) is 0 Å². The molecule has 0 fully saturated rings. The number of hydrogen-bond donors (Lipinski definition) is 3. The molecule has 5 nitrogen and oxygen atoms in total. The van der Waals surface area contributed by atoms with Gasteiger partial charge in [0.1, 0.15) is 0 Å². The smallest absolute Gasteiger partial charge is 0.335 e. The summed E-state index contributed by atoms with van der Waals surface area (Å²) in [5.74, 6) is -0.966. The Kier molecular flexibility index (Phi) is 4.78. The molecule has 22 heavy (non-hydrogen) atoms. The number of carbonyl (C=O) groups is 2. The van der Waals surface area contributed by atoms with Crippen molar-refractivity contribution in [2.75, 3.05) is 5.32 Å². The standard InChI is InChI=1S/C17H18N2O3/c1-11-3-8-15(12(2)9-11)19-17(22)18-10-13-4-6-14(7-5-13)16(20)21/h3-9H,10H2,1-2H3,(H,20,21)(H2,18,19,22). The maximum atomic E-state index is 11.9. The first-order chi connectivity index (χ1) is 10.5. The number of aromatic carboxylic acids is 1. The van der Waals surface area contributed by atoms with Gasteiger partial charge in [-0.15, -0.1) is 0 Å². The zero-order chi connectivity index (χ0) is 16.1. The number of carbonyl (C=O) groups excluding carboxylic acids is 1. The predicted molar refractivity (Wildman–Crippen MR) is 85.2 cm³/mol. The number of nitrogens with one attached hydrogen (secondary N) is 2. The molecule has 114 valence electrons. The van der Waals surface area contributed by atoms with E-state index in [1.165, 1.54) is 12.1 Å². The Labute approximate surface area is 129 Å². The summed E-state index contributed by atoms with van der Waals surface area (Å²) in [6.07, 6.45) is 0. The van der Waals surface area contributed by atoms with E-state index >= 15 is 0 Å². The molecule has 5 heteroatoms. The van der Waals surface area contributed by atoms with E-state index < -0.39 is 5.97 Å². The first-order valence-corrected chi connectivity index (χ1v) is 6.90. The molecule has 0 spiro atoms. The number of anilines is 1. The molecule has 0 aromatic heterocycles. The lowest BCUT2D eigenvalue weighted by atomic mass is 10.1. The van der Waals surface area contributed by atoms with Gasteiger partial charge in [-0.1, -0.05) is 29.8 Å². The summed E-state index contributed by atoms with van der Waals surface area (Å²) in [5, 5.41) is 14.4. The van der Waals surface area contributed by atoms with Crippen LogP contribution >= 0.6 is 0 Å². The summed E-state index contributed by atoms with van der Waals surface area (Å²) in [5.41, 5.74) is 3.97. The van der Waals surface area contributed by atoms with E-state index in [-0.39, 0.29) is 11.6 Å². The van der Waals surface area contributed by atoms with Gasteiger partial charge in [0.05, 0.1) is 5.56 Å². The van der Waals surface area contributed by atoms with Gasteiger partial charge in [0, 0.05) is 12.2 Å². The van der Waals surface area contributed by atoms with Gasteiger partial charge in [-0.2, -0.15) is 0 Å². The van der Waals surface area contributed by atoms with E-state index in [2.05, 4.69) is 10.6 Å². The molecule has 0 aliphatic carbocycles. The van der Waals surface area contributed by atoms with Crippen molar-refractivity contribution in [2.45, 2.75) is 20.4 Å². The number of benzene rings is 2. The summed E-state index contributed by atoms with van der Waals surface area (Å²) in [6, 6.07) is 11.9. The van der Waals surface area contributed by atoms with Crippen LogP contribution in [-0.4, -0.2) is 17.1 Å². The molecule has 0 bridgehead atoms. The second-order valence-electron chi connectivity index (χ2n) is 5.13. The van der Waals surface area contributed by atoms with Gasteiger partial charge in [-0.05, 0) is 43.2 Å². The molecular formula is C17H18N2O3. The summed E-state index contributed by atoms with van der Waals surface area (Å²) in [7, 11) is 0. The van der Waals surface area contributed by atoms with Crippen molar-refractivity contribution in [3.63, 3.8) is 0 Å². The van der Waals surface area contributed by atoms with E-state index in [4.69, 9.17) is 5.11 Å². The topological polar surface area (TPSA) is 78.4 Å². The molecule has 2 aromatic rings. The van der Waals surface area contributed by atoms with Gasteiger partial charge in [0.2, 0.25) is 0 Å². The maximum Gasteiger partial charge on any atom is 0.335 e. The van der Waals surface area contributed by atoms with Gasteiger partial charge in [-0.25, -0.2) is 9.59 Å². The van der Waals surface area contributed by atoms with Crippen LogP contribution in [0.4, 0.5) is 10.5 Å². The van der Waals surface area contributed by atoms with Crippen molar-refractivity contribution < 1.29 is 14.7 Å². The van der Waals surface area contributed by atoms with Crippen molar-refractivity contribution in [1.82, 2.24) is 5.32 Å². The average Bonchev–Trinajstić information content (AvgIpc) is 2.48. The van der Waals surface area contributed by atoms with Crippen molar-refractivity contribution in [3.8, 4) is 0 Å². The Morgan fingerprint density at radius 3 is 2.32 bits per heavy atom. The Hall–Kier alpha value is -2.82. The normalized spacial score (nSPS) is 10.1. The SMILES string of the molecule is Cc1ccc(NC(=O)NCc2ccc(C(=O)O)cc2)c(C)c1. The van der Waals surface area contributed by atoms with Crippen molar-refractivity contribution in [2.24, 2.45) is 0 Å². The first kappa shape index (κ1) is 15.6. The zero-order valence-electron chi connectivity index (χ0n) is 12.5. The lowest BCUT2D eigenvalue weighted by Crippen LogP contribution is -2.28. The summed E-state index contributed by atoms with van der Waals surface area (Å²) < 4.78 is 0. The first-order valence-electron chi connectivity index (χ1n) is 6.90. The lowest BCUT2D eigenvalue weighted by molar-refractivity contribution is 0.0697. The van der Waals surface area contributed by atoms with Crippen LogP contribution in [0.5, 0.6) is 0 Å². The van der Waals surface area contributed by atoms with E-state index in [9.17, 15) is 9.59 Å². The second-order valence-corrected chi connectivity index (χ2v) is 5.13. The fraction of sp³-hybridized carbons (Fsp3) is 0.176. The molecule has 2 aromatic carbocycles. The minimum absolute atomic E-state index is 0.225. The fourth-order valence-electron chi connectivity index (χ4n) is 2.07. The van der Waals surface area contributed by atoms with Crippen LogP contribution in [0, 0.1) is 13.8 Å². The molecule has 3 N–H and O–H groups in total. The molecule has 0 atom stereocenters. The highest BCUT2D eigenvalue weighted by Crippen LogP contribution is 2.15. The van der Waals surface area contributed by atoms with E-state index in [1.807, 2.05) is 32.0 Å². The molecule has 0 aliphatic heterocycles. The number of urea groups is 1. The van der Waals surface area contributed by atoms with Gasteiger partial charge < -0.3 is 15.7 Å². The number of rotatable bonds is 4. The number of amides is 2. The summed E-state index contributed by atoms with van der Waals surface area (Å²) in [6.45, 7) is 4.27. The van der Waals surface area contributed by atoms with Crippen LogP contribution in [0.25, 0.3) is 0 Å². The minimum Gasteiger partial charge on any atom is -0.478 e. The minimum atomic E-state index is -0.966. The number of aryl methyl sites for hydroxylation is 2. The van der Waals surface area contributed by atoms with Crippen LogP contribution in [0.15, 0.2) is 42.5 Å². The molecule has 2 amide bonds. The monoisotopic (exact) mass is 298 g/mol. The van der Waals surface area contributed by atoms with Crippen molar-refractivity contribution in [3.05, 3.63) is 64.7 Å². The van der Waals surface area contributed by atoms with Crippen LogP contribution in [0.3, 0.4) is 0 Å². The Bertz CT molecular complexity index is 694. The van der Waals surface area contributed by atoms with Crippen LogP contribution in [0.2, 0.25) is 0 Å². The number of carboxylic acids is 1. The average molecular weight is 298 g/mol. The van der Waals surface area contributed by atoms with Crippen LogP contribution < -0.4 is 10.6 Å². The highest BCUT2D eigenvalue weighted by molar-refractivity contribution is 5.90. The van der Waals surface area contributed by atoms with Crippen LogP contribution in [0.1, 0.15) is 27.0 Å². The Balaban J connectivity index is 1.91. The highest BCUT2D eigenvalue weighted by Gasteiger charge is 2.05. The van der Waals surface area contributed by atoms with E-state index in [0.29, 0.717) is 6.54 Å². The highest BCUT2D eigenvalue weighted by atomic mass is 16.4. The van der Waals surface area contributed by atoms with Gasteiger partial charge >= 0.3 is 12.0 Å². The largest absolute Gasteiger partial charge is 0.478 e. The third-order valence-corrected chi connectivity index (χ3v) is 3.28. The van der Waals surface area contributed by atoms with Gasteiger partial charge in [0.15, 0.2) is 0 Å². The molecule has 2 rings (SSSR count). The molecule has 0 heterocycles. The van der Waals surface area contributed by atoms with E-state index in [0.717, 1.165) is 22.4 Å². The fourth-order valence-corrected chi connectivity index (χ4v) is 2.07. The third-order valence-electron chi connectivity index (χ3n) is 3.28. The molecule has 0 unspecified atom stereocenters. The quantitative estimate of drug-likeness (QED) is 0.810. The van der Waals surface area contributed by atoms with Crippen molar-refractivity contribution >= 4 is 17.7 Å². The second kappa shape index (κ2) is 6.76. The Morgan fingerprint density at radius 1 is 1.05 bits per heavy atom. The van der Waals surface area contributed by atoms with Crippen molar-refractivity contribution in [1.29, 1.82) is 0 Å². The van der Waals surface area contributed by atoms with Crippen LogP contribution in [-0.2, 0) is 6.54 Å². The van der Waals surface area contributed by atoms with E-state index in [1.54, 1.807) is 12.1 Å². The molecular weight excluding hydrogens is 280 g/mol. The Morgan fingerprint density at radius 2 is 1.73 bits per heavy atom. The molecule has 0 saturated heterocycles. The maximum absolute atomic E-state index is 11.9. The molecule has 0 radical (unpaired) electrons. The summed E-state index contributed by atoms with van der Waals surface area (Å²) >= 11 is 0. The number of hydrogen-bond acceptors (Lipinski definition) is 2. The molecule has 0 saturated carbocycles. The number of carboxylic acid groups (broad SMARTS) is 1. The molecule has 0 aliphatic rings.